The molecule has 5 nitrogen and oxygen atoms in total. The van der Waals surface area contributed by atoms with Crippen molar-refractivity contribution in [1.82, 2.24) is 9.80 Å². The third-order valence-corrected chi connectivity index (χ3v) is 7.05. The number of furan rings is 1. The average Bonchev–Trinajstić information content (AvgIpc) is 3.35. The summed E-state index contributed by atoms with van der Waals surface area (Å²) in [6.45, 7) is 5.74. The molecule has 4 aliphatic heterocycles. The van der Waals surface area contributed by atoms with E-state index < -0.39 is 0 Å². The molecular weight excluding hydrogens is 304 g/mol. The summed E-state index contributed by atoms with van der Waals surface area (Å²) in [5.41, 5.74) is 0.0728. The number of ether oxygens (including phenoxy) is 1. The van der Waals surface area contributed by atoms with Gasteiger partial charge < -0.3 is 14.3 Å². The number of nitrogens with zero attached hydrogens (tertiary/aromatic N) is 2. The van der Waals surface area contributed by atoms with Crippen LogP contribution >= 0.6 is 0 Å². The lowest BCUT2D eigenvalue weighted by Gasteiger charge is -2.37. The first-order valence-electron chi connectivity index (χ1n) is 9.55. The monoisotopic (exact) mass is 332 g/mol. The molecule has 5 heteroatoms. The minimum Gasteiger partial charge on any atom is -0.468 e. The Hall–Kier alpha value is -0.880. The van der Waals surface area contributed by atoms with Crippen LogP contribution in [0.1, 0.15) is 31.4 Å². The van der Waals surface area contributed by atoms with Crippen LogP contribution in [-0.2, 0) is 11.3 Å². The molecule has 132 valence electrons. The SMILES string of the molecule is OC[C@H]1[C@@H]2CC[C@@]3(CN(C4CCN(Cc5ccco5)CC4)C[C@@H]13)O2. The number of fused-ring (bicyclic) bond motifs is 1. The van der Waals surface area contributed by atoms with Crippen molar-refractivity contribution in [2.75, 3.05) is 32.8 Å². The standard InChI is InChI=1S/C19H28N2O3/c22-12-16-17-11-21(13-19(17)6-3-18(16)24-19)14-4-7-20(8-5-14)10-15-2-1-9-23-15/h1-2,9,14,16-18,22H,3-8,10-13H2/t16-,17+,18+,19+/m1/s1. The summed E-state index contributed by atoms with van der Waals surface area (Å²) in [4.78, 5) is 5.18. The van der Waals surface area contributed by atoms with Crippen LogP contribution < -0.4 is 0 Å². The van der Waals surface area contributed by atoms with Crippen molar-refractivity contribution in [2.24, 2.45) is 11.8 Å². The quantitative estimate of drug-likeness (QED) is 0.910. The molecule has 0 aromatic carbocycles. The summed E-state index contributed by atoms with van der Waals surface area (Å²) >= 11 is 0. The number of likely N-dealkylation sites (tertiary alicyclic amines) is 2. The number of piperidine rings is 1. The summed E-state index contributed by atoms with van der Waals surface area (Å²) in [7, 11) is 0. The van der Waals surface area contributed by atoms with Crippen molar-refractivity contribution in [1.29, 1.82) is 0 Å². The van der Waals surface area contributed by atoms with Gasteiger partial charge in [0.25, 0.3) is 0 Å². The molecule has 1 aromatic rings. The van der Waals surface area contributed by atoms with E-state index in [-0.39, 0.29) is 5.60 Å². The van der Waals surface area contributed by atoms with Gasteiger partial charge in [-0.2, -0.15) is 0 Å². The molecule has 1 N–H and O–H groups in total. The molecule has 0 aliphatic carbocycles. The van der Waals surface area contributed by atoms with Gasteiger partial charge >= 0.3 is 0 Å². The largest absolute Gasteiger partial charge is 0.468 e. The molecule has 0 amide bonds. The van der Waals surface area contributed by atoms with Crippen molar-refractivity contribution in [3.8, 4) is 0 Å². The van der Waals surface area contributed by atoms with Crippen molar-refractivity contribution in [3.63, 3.8) is 0 Å². The Morgan fingerprint density at radius 1 is 1.25 bits per heavy atom. The number of aliphatic hydroxyl groups excluding tert-OH is 1. The minimum absolute atomic E-state index is 0.0728. The smallest absolute Gasteiger partial charge is 0.117 e. The Labute approximate surface area is 143 Å². The average molecular weight is 332 g/mol. The van der Waals surface area contributed by atoms with Crippen LogP contribution in [0.25, 0.3) is 0 Å². The summed E-state index contributed by atoms with van der Waals surface area (Å²) in [5.74, 6) is 2.00. The zero-order valence-corrected chi connectivity index (χ0v) is 14.3. The van der Waals surface area contributed by atoms with Crippen LogP contribution in [0.15, 0.2) is 22.8 Å². The van der Waals surface area contributed by atoms with E-state index in [1.807, 2.05) is 6.07 Å². The van der Waals surface area contributed by atoms with Gasteiger partial charge in [-0.05, 0) is 37.8 Å². The van der Waals surface area contributed by atoms with Gasteiger partial charge in [0, 0.05) is 50.7 Å². The molecule has 4 atom stereocenters. The molecule has 5 rings (SSSR count). The fourth-order valence-corrected chi connectivity index (χ4v) is 5.81. The molecule has 5 heterocycles. The van der Waals surface area contributed by atoms with E-state index in [1.54, 1.807) is 6.26 Å². The van der Waals surface area contributed by atoms with Gasteiger partial charge in [0.2, 0.25) is 0 Å². The third-order valence-electron chi connectivity index (χ3n) is 7.05. The molecule has 2 bridgehead atoms. The van der Waals surface area contributed by atoms with E-state index in [4.69, 9.17) is 9.15 Å². The van der Waals surface area contributed by atoms with E-state index in [0.717, 1.165) is 44.9 Å². The first kappa shape index (κ1) is 15.4. The van der Waals surface area contributed by atoms with Crippen LogP contribution in [0, 0.1) is 11.8 Å². The third kappa shape index (κ3) is 2.37. The highest BCUT2D eigenvalue weighted by Gasteiger charge is 2.63. The summed E-state index contributed by atoms with van der Waals surface area (Å²) in [5, 5.41) is 9.77. The van der Waals surface area contributed by atoms with E-state index in [0.29, 0.717) is 30.6 Å². The Bertz CT molecular complexity index is 569. The highest BCUT2D eigenvalue weighted by molar-refractivity contribution is 5.13. The fraction of sp³-hybridized carbons (Fsp3) is 0.789. The highest BCUT2D eigenvalue weighted by Crippen LogP contribution is 2.55. The predicted molar refractivity (Wildman–Crippen MR) is 89.5 cm³/mol. The van der Waals surface area contributed by atoms with E-state index >= 15 is 0 Å². The van der Waals surface area contributed by atoms with Gasteiger partial charge in [-0.25, -0.2) is 0 Å². The van der Waals surface area contributed by atoms with Crippen LogP contribution in [0.3, 0.4) is 0 Å². The lowest BCUT2D eigenvalue weighted by molar-refractivity contribution is -0.00681. The van der Waals surface area contributed by atoms with Crippen molar-refractivity contribution in [3.05, 3.63) is 24.2 Å². The van der Waals surface area contributed by atoms with E-state index in [2.05, 4.69) is 15.9 Å². The van der Waals surface area contributed by atoms with Crippen molar-refractivity contribution in [2.45, 2.75) is 50.0 Å². The second kappa shape index (κ2) is 5.84. The number of hydrogen-bond acceptors (Lipinski definition) is 5. The zero-order chi connectivity index (χ0) is 16.1. The van der Waals surface area contributed by atoms with Gasteiger partial charge in [-0.3, -0.25) is 9.80 Å². The molecule has 0 unspecified atom stereocenters. The van der Waals surface area contributed by atoms with Gasteiger partial charge in [-0.15, -0.1) is 0 Å². The van der Waals surface area contributed by atoms with Gasteiger partial charge in [-0.1, -0.05) is 0 Å². The van der Waals surface area contributed by atoms with Crippen LogP contribution in [0.4, 0.5) is 0 Å². The highest BCUT2D eigenvalue weighted by atomic mass is 16.5. The van der Waals surface area contributed by atoms with Gasteiger partial charge in [0.15, 0.2) is 0 Å². The van der Waals surface area contributed by atoms with Crippen LogP contribution in [0.2, 0.25) is 0 Å². The fourth-order valence-electron chi connectivity index (χ4n) is 5.81. The Morgan fingerprint density at radius 3 is 2.88 bits per heavy atom. The van der Waals surface area contributed by atoms with Crippen LogP contribution in [-0.4, -0.2) is 65.4 Å². The lowest BCUT2D eigenvalue weighted by Crippen LogP contribution is -2.45. The number of hydrogen-bond donors (Lipinski definition) is 1. The van der Waals surface area contributed by atoms with Gasteiger partial charge in [0.05, 0.1) is 24.5 Å². The summed E-state index contributed by atoms with van der Waals surface area (Å²) in [6, 6.07) is 4.71. The van der Waals surface area contributed by atoms with E-state index in [1.165, 1.54) is 19.3 Å². The maximum Gasteiger partial charge on any atom is 0.117 e. The molecule has 1 aromatic heterocycles. The minimum atomic E-state index is 0.0728. The molecule has 4 fully saturated rings. The topological polar surface area (TPSA) is 49.1 Å². The Balaban J connectivity index is 1.19. The molecule has 24 heavy (non-hydrogen) atoms. The second-order valence-corrected chi connectivity index (χ2v) is 8.23. The Morgan fingerprint density at radius 2 is 2.12 bits per heavy atom. The summed E-state index contributed by atoms with van der Waals surface area (Å²) < 4.78 is 11.9. The van der Waals surface area contributed by atoms with Crippen molar-refractivity contribution < 1.29 is 14.3 Å². The van der Waals surface area contributed by atoms with Gasteiger partial charge in [0.1, 0.15) is 5.76 Å². The maximum absolute atomic E-state index is 9.77. The normalized spacial score (nSPS) is 40.5. The molecule has 1 spiro atoms. The lowest BCUT2D eigenvalue weighted by atomic mass is 9.74. The molecule has 0 radical (unpaired) electrons. The molecule has 4 aliphatic rings. The maximum atomic E-state index is 9.77. The van der Waals surface area contributed by atoms with E-state index in [9.17, 15) is 5.11 Å². The number of rotatable bonds is 4. The molecule has 4 saturated heterocycles. The van der Waals surface area contributed by atoms with Crippen molar-refractivity contribution >= 4 is 0 Å². The first-order valence-corrected chi connectivity index (χ1v) is 9.55. The molecular formula is C19H28N2O3. The van der Waals surface area contributed by atoms with Crippen LogP contribution in [0.5, 0.6) is 0 Å². The predicted octanol–water partition coefficient (Wildman–Crippen LogP) is 1.72. The molecule has 0 saturated carbocycles. The first-order chi connectivity index (χ1) is 11.8. The number of aliphatic hydroxyl groups is 1. The zero-order valence-electron chi connectivity index (χ0n) is 14.3. The Kier molecular flexibility index (Phi) is 3.74. The second-order valence-electron chi connectivity index (χ2n) is 8.23. The summed E-state index contributed by atoms with van der Waals surface area (Å²) in [6.07, 6.45) is 6.91.